The minimum atomic E-state index is -3.54. The van der Waals surface area contributed by atoms with Gasteiger partial charge in [-0.2, -0.15) is 4.31 Å². The molecule has 5 nitrogen and oxygen atoms in total. The third kappa shape index (κ3) is 2.82. The van der Waals surface area contributed by atoms with Crippen LogP contribution in [0.15, 0.2) is 41.4 Å². The zero-order valence-electron chi connectivity index (χ0n) is 11.5. The monoisotopic (exact) mass is 293 g/mol. The average molecular weight is 293 g/mol. The van der Waals surface area contributed by atoms with Crippen LogP contribution >= 0.6 is 0 Å². The molecule has 1 aromatic carbocycles. The molecule has 2 aromatic rings. The van der Waals surface area contributed by atoms with Crippen molar-refractivity contribution >= 4 is 20.9 Å². The van der Waals surface area contributed by atoms with E-state index in [-0.39, 0.29) is 0 Å². The van der Waals surface area contributed by atoms with E-state index in [1.807, 2.05) is 6.92 Å². The molecule has 0 spiro atoms. The van der Waals surface area contributed by atoms with E-state index in [1.54, 1.807) is 36.5 Å². The van der Waals surface area contributed by atoms with Gasteiger partial charge in [-0.05, 0) is 30.7 Å². The number of aromatic nitrogens is 1. The molecule has 1 aromatic heterocycles. The van der Waals surface area contributed by atoms with Crippen LogP contribution < -0.4 is 5.73 Å². The molecule has 1 heterocycles. The van der Waals surface area contributed by atoms with Crippen molar-refractivity contribution in [3.63, 3.8) is 0 Å². The van der Waals surface area contributed by atoms with E-state index in [0.717, 1.165) is 6.42 Å². The van der Waals surface area contributed by atoms with Gasteiger partial charge < -0.3 is 5.73 Å². The smallest absolute Gasteiger partial charge is 0.243 e. The average Bonchev–Trinajstić information content (AvgIpc) is 2.46. The van der Waals surface area contributed by atoms with Crippen molar-refractivity contribution in [3.8, 4) is 0 Å². The summed E-state index contributed by atoms with van der Waals surface area (Å²) in [6, 6.07) is 8.67. The van der Waals surface area contributed by atoms with Gasteiger partial charge in [-0.15, -0.1) is 0 Å². The predicted octanol–water partition coefficient (Wildman–Crippen LogP) is 1.59. The Balaban J connectivity index is 2.56. The highest BCUT2D eigenvalue weighted by Crippen LogP contribution is 2.24. The van der Waals surface area contributed by atoms with Crippen molar-refractivity contribution < 1.29 is 8.42 Å². The summed E-state index contributed by atoms with van der Waals surface area (Å²) in [6.07, 6.45) is 2.41. The molecule has 6 heteroatoms. The maximum Gasteiger partial charge on any atom is 0.243 e. The van der Waals surface area contributed by atoms with Crippen LogP contribution in [-0.4, -0.2) is 37.3 Å². The van der Waals surface area contributed by atoms with E-state index >= 15 is 0 Å². The second-order valence-electron chi connectivity index (χ2n) is 4.52. The summed E-state index contributed by atoms with van der Waals surface area (Å²) in [5, 5.41) is 0.646. The molecule has 0 aliphatic heterocycles. The highest BCUT2D eigenvalue weighted by Gasteiger charge is 2.25. The fourth-order valence-electron chi connectivity index (χ4n) is 2.18. The lowest BCUT2D eigenvalue weighted by atomic mass is 10.2. The van der Waals surface area contributed by atoms with Crippen molar-refractivity contribution in [1.82, 2.24) is 9.29 Å². The molecule has 0 aliphatic rings. The van der Waals surface area contributed by atoms with Gasteiger partial charge in [0.15, 0.2) is 0 Å². The molecule has 2 rings (SSSR count). The van der Waals surface area contributed by atoms with Crippen molar-refractivity contribution in [3.05, 3.63) is 36.5 Å². The van der Waals surface area contributed by atoms with Crippen LogP contribution in [0.5, 0.6) is 0 Å². The maximum absolute atomic E-state index is 12.8. The largest absolute Gasteiger partial charge is 0.329 e. The number of nitrogens with two attached hydrogens (primary N) is 1. The van der Waals surface area contributed by atoms with Gasteiger partial charge in [-0.1, -0.05) is 13.0 Å². The van der Waals surface area contributed by atoms with E-state index in [1.165, 1.54) is 4.31 Å². The van der Waals surface area contributed by atoms with Crippen LogP contribution in [0, 0.1) is 0 Å². The summed E-state index contributed by atoms with van der Waals surface area (Å²) >= 11 is 0. The summed E-state index contributed by atoms with van der Waals surface area (Å²) in [6.45, 7) is 3.05. The number of hydrogen-bond donors (Lipinski definition) is 1. The molecule has 20 heavy (non-hydrogen) atoms. The molecule has 0 bridgehead atoms. The zero-order chi connectivity index (χ0) is 14.6. The number of sulfonamides is 1. The first-order valence-corrected chi connectivity index (χ1v) is 8.09. The third-order valence-electron chi connectivity index (χ3n) is 3.08. The Morgan fingerprint density at radius 1 is 1.20 bits per heavy atom. The Labute approximate surface area is 119 Å². The topological polar surface area (TPSA) is 76.3 Å². The molecule has 0 aliphatic carbocycles. The summed E-state index contributed by atoms with van der Waals surface area (Å²) in [5.41, 5.74) is 6.21. The summed E-state index contributed by atoms with van der Waals surface area (Å²) < 4.78 is 27.0. The lowest BCUT2D eigenvalue weighted by Crippen LogP contribution is -2.36. The van der Waals surface area contributed by atoms with Gasteiger partial charge >= 0.3 is 0 Å². The summed E-state index contributed by atoms with van der Waals surface area (Å²) in [7, 11) is -3.54. The Kier molecular flexibility index (Phi) is 4.69. The number of fused-ring (bicyclic) bond motifs is 1. The highest BCUT2D eigenvalue weighted by atomic mass is 32.2. The maximum atomic E-state index is 12.8. The van der Waals surface area contributed by atoms with Gasteiger partial charge in [-0.25, -0.2) is 8.42 Å². The van der Waals surface area contributed by atoms with Gasteiger partial charge in [0.25, 0.3) is 0 Å². The van der Waals surface area contributed by atoms with Gasteiger partial charge in [0, 0.05) is 31.2 Å². The van der Waals surface area contributed by atoms with Gasteiger partial charge in [0.2, 0.25) is 10.0 Å². The first kappa shape index (κ1) is 14.9. The molecule has 0 fully saturated rings. The minimum Gasteiger partial charge on any atom is -0.329 e. The standard InChI is InChI=1S/C14H19N3O2S/c1-2-10-17(11-8-15)20(18,19)14-7-3-6-13-12(14)5-4-9-16-13/h3-7,9H,2,8,10-11,15H2,1H3. The first-order valence-electron chi connectivity index (χ1n) is 6.65. The molecule has 0 saturated heterocycles. The molecule has 2 N–H and O–H groups in total. The number of hydrogen-bond acceptors (Lipinski definition) is 4. The zero-order valence-corrected chi connectivity index (χ0v) is 12.3. The molecule has 0 atom stereocenters. The van der Waals surface area contributed by atoms with Crippen LogP contribution in [0.4, 0.5) is 0 Å². The normalized spacial score (nSPS) is 12.2. The Bertz CT molecular complexity index is 674. The van der Waals surface area contributed by atoms with Crippen LogP contribution in [0.2, 0.25) is 0 Å². The SMILES string of the molecule is CCCN(CCN)S(=O)(=O)c1cccc2ncccc12. The third-order valence-corrected chi connectivity index (χ3v) is 5.03. The molecule has 0 unspecified atom stereocenters. The van der Waals surface area contributed by atoms with Crippen LogP contribution in [-0.2, 0) is 10.0 Å². The number of rotatable bonds is 6. The first-order chi connectivity index (χ1) is 9.61. The van der Waals surface area contributed by atoms with Crippen LogP contribution in [0.25, 0.3) is 10.9 Å². The van der Waals surface area contributed by atoms with Crippen molar-refractivity contribution in [2.24, 2.45) is 5.73 Å². The molecule has 0 radical (unpaired) electrons. The van der Waals surface area contributed by atoms with E-state index < -0.39 is 10.0 Å². The molecular weight excluding hydrogens is 274 g/mol. The Hall–Kier alpha value is -1.50. The van der Waals surface area contributed by atoms with Crippen molar-refractivity contribution in [2.75, 3.05) is 19.6 Å². The fourth-order valence-corrected chi connectivity index (χ4v) is 3.93. The predicted molar refractivity (Wildman–Crippen MR) is 79.8 cm³/mol. The lowest BCUT2D eigenvalue weighted by molar-refractivity contribution is 0.418. The van der Waals surface area contributed by atoms with E-state index in [9.17, 15) is 8.42 Å². The summed E-state index contributed by atoms with van der Waals surface area (Å²) in [4.78, 5) is 4.50. The minimum absolute atomic E-state index is 0.296. The van der Waals surface area contributed by atoms with Crippen LogP contribution in [0.3, 0.4) is 0 Å². The second kappa shape index (κ2) is 6.30. The lowest BCUT2D eigenvalue weighted by Gasteiger charge is -2.21. The highest BCUT2D eigenvalue weighted by molar-refractivity contribution is 7.89. The molecule has 0 amide bonds. The number of nitrogens with zero attached hydrogens (tertiary/aromatic N) is 2. The Morgan fingerprint density at radius 3 is 2.70 bits per heavy atom. The fraction of sp³-hybridized carbons (Fsp3) is 0.357. The number of pyridine rings is 1. The van der Waals surface area contributed by atoms with E-state index in [2.05, 4.69) is 4.98 Å². The quantitative estimate of drug-likeness (QED) is 0.877. The number of benzene rings is 1. The van der Waals surface area contributed by atoms with Crippen molar-refractivity contribution in [1.29, 1.82) is 0 Å². The molecular formula is C14H19N3O2S. The Morgan fingerprint density at radius 2 is 2.00 bits per heavy atom. The van der Waals surface area contributed by atoms with Crippen LogP contribution in [0.1, 0.15) is 13.3 Å². The second-order valence-corrected chi connectivity index (χ2v) is 6.43. The molecule has 108 valence electrons. The van der Waals surface area contributed by atoms with Gasteiger partial charge in [0.1, 0.15) is 0 Å². The van der Waals surface area contributed by atoms with E-state index in [4.69, 9.17) is 5.73 Å². The van der Waals surface area contributed by atoms with Gasteiger partial charge in [-0.3, -0.25) is 4.98 Å². The summed E-state index contributed by atoms with van der Waals surface area (Å²) in [5.74, 6) is 0. The van der Waals surface area contributed by atoms with Crippen molar-refractivity contribution in [2.45, 2.75) is 18.2 Å². The molecule has 0 saturated carbocycles. The van der Waals surface area contributed by atoms with E-state index in [0.29, 0.717) is 35.4 Å². The van der Waals surface area contributed by atoms with Gasteiger partial charge in [0.05, 0.1) is 10.4 Å².